The normalized spacial score (nSPS) is 38.2. The van der Waals surface area contributed by atoms with Gasteiger partial charge in [-0.05, 0) is 45.1 Å². The van der Waals surface area contributed by atoms with Gasteiger partial charge in [0.1, 0.15) is 5.60 Å². The van der Waals surface area contributed by atoms with E-state index in [1.165, 1.54) is 12.8 Å². The molecule has 5 heteroatoms. The fourth-order valence-electron chi connectivity index (χ4n) is 3.75. The molecule has 0 spiro atoms. The van der Waals surface area contributed by atoms with Crippen molar-refractivity contribution >= 4 is 0 Å². The Bertz CT molecular complexity index is 462. The van der Waals surface area contributed by atoms with Crippen molar-refractivity contribution in [2.75, 3.05) is 13.7 Å². The molecular formula is C15H25N3O2. The van der Waals surface area contributed by atoms with Gasteiger partial charge >= 0.3 is 0 Å². The van der Waals surface area contributed by atoms with Crippen LogP contribution in [0.5, 0.6) is 0 Å². The van der Waals surface area contributed by atoms with Crippen molar-refractivity contribution in [1.29, 1.82) is 0 Å². The zero-order valence-electron chi connectivity index (χ0n) is 12.7. The van der Waals surface area contributed by atoms with E-state index in [-0.39, 0.29) is 5.60 Å². The lowest BCUT2D eigenvalue weighted by Gasteiger charge is -2.36. The summed E-state index contributed by atoms with van der Waals surface area (Å²) in [5.74, 6) is 2.51. The lowest BCUT2D eigenvalue weighted by Crippen LogP contribution is -2.35. The van der Waals surface area contributed by atoms with Gasteiger partial charge in [0, 0.05) is 13.2 Å². The predicted molar refractivity (Wildman–Crippen MR) is 75.4 cm³/mol. The Kier molecular flexibility index (Phi) is 3.82. The van der Waals surface area contributed by atoms with Crippen LogP contribution in [0.4, 0.5) is 0 Å². The second-order valence-electron chi connectivity index (χ2n) is 6.49. The molecule has 5 nitrogen and oxygen atoms in total. The Hall–Kier alpha value is -0.940. The third-order valence-electron chi connectivity index (χ3n) is 5.04. The molecule has 1 saturated heterocycles. The van der Waals surface area contributed by atoms with E-state index in [4.69, 9.17) is 14.2 Å². The molecule has 4 atom stereocenters. The monoisotopic (exact) mass is 279 g/mol. The van der Waals surface area contributed by atoms with Gasteiger partial charge in [-0.3, -0.25) is 0 Å². The first-order chi connectivity index (χ1) is 9.64. The number of hydrogen-bond acceptors (Lipinski definition) is 5. The molecule has 3 rings (SSSR count). The van der Waals surface area contributed by atoms with Gasteiger partial charge in [-0.25, -0.2) is 0 Å². The van der Waals surface area contributed by atoms with Crippen LogP contribution in [0.3, 0.4) is 0 Å². The van der Waals surface area contributed by atoms with Crippen LogP contribution in [-0.4, -0.2) is 29.8 Å². The molecule has 1 aromatic rings. The highest BCUT2D eigenvalue weighted by Crippen LogP contribution is 2.41. The summed E-state index contributed by atoms with van der Waals surface area (Å²) in [4.78, 5) is 4.70. The first kappa shape index (κ1) is 14.0. The van der Waals surface area contributed by atoms with E-state index < -0.39 is 0 Å². The molecule has 20 heavy (non-hydrogen) atoms. The molecule has 0 bridgehead atoms. The maximum absolute atomic E-state index is 5.84. The summed E-state index contributed by atoms with van der Waals surface area (Å²) < 4.78 is 11.4. The number of hydrogen-bond donors (Lipinski definition) is 1. The third kappa shape index (κ3) is 2.37. The lowest BCUT2D eigenvalue weighted by atomic mass is 9.78. The molecule has 2 heterocycles. The summed E-state index contributed by atoms with van der Waals surface area (Å²) in [6.45, 7) is 5.48. The highest BCUT2D eigenvalue weighted by atomic mass is 16.5. The lowest BCUT2D eigenvalue weighted by molar-refractivity contribution is -0.0658. The fraction of sp³-hybridized carbons (Fsp3) is 0.867. The van der Waals surface area contributed by atoms with Gasteiger partial charge in [0.15, 0.2) is 0 Å². The summed E-state index contributed by atoms with van der Waals surface area (Å²) >= 11 is 0. The van der Waals surface area contributed by atoms with Gasteiger partial charge < -0.3 is 14.6 Å². The molecule has 112 valence electrons. The van der Waals surface area contributed by atoms with E-state index in [9.17, 15) is 0 Å². The average Bonchev–Trinajstić information content (AvgIpc) is 3.07. The Morgan fingerprint density at radius 3 is 2.85 bits per heavy atom. The standard InChI is InChI=1S/C15H25N3O2/c1-10-5-4-7-15(9-10,19-3)14-17-13(20-18-14)12-6-8-16-11(12)2/h10-12,16H,4-9H2,1-3H3. The molecule has 2 fully saturated rings. The topological polar surface area (TPSA) is 60.2 Å². The first-order valence-electron chi connectivity index (χ1n) is 7.77. The van der Waals surface area contributed by atoms with Gasteiger partial charge in [0.25, 0.3) is 0 Å². The molecule has 1 saturated carbocycles. The summed E-state index contributed by atoms with van der Waals surface area (Å²) in [6.07, 6.45) is 5.48. The van der Waals surface area contributed by atoms with Crippen LogP contribution in [0, 0.1) is 5.92 Å². The van der Waals surface area contributed by atoms with Crippen LogP contribution < -0.4 is 5.32 Å². The molecule has 0 aromatic carbocycles. The van der Waals surface area contributed by atoms with Crippen LogP contribution >= 0.6 is 0 Å². The van der Waals surface area contributed by atoms with E-state index in [0.717, 1.165) is 37.5 Å². The van der Waals surface area contributed by atoms with Crippen LogP contribution in [0.15, 0.2) is 4.52 Å². The van der Waals surface area contributed by atoms with Crippen LogP contribution in [-0.2, 0) is 10.3 Å². The minimum Gasteiger partial charge on any atom is -0.370 e. The Labute approximate surface area is 120 Å². The van der Waals surface area contributed by atoms with E-state index >= 15 is 0 Å². The number of nitrogens with one attached hydrogen (secondary N) is 1. The largest absolute Gasteiger partial charge is 0.370 e. The number of ether oxygens (including phenoxy) is 1. The molecule has 0 radical (unpaired) electrons. The highest BCUT2D eigenvalue weighted by Gasteiger charge is 2.42. The van der Waals surface area contributed by atoms with Crippen molar-refractivity contribution in [1.82, 2.24) is 15.5 Å². The van der Waals surface area contributed by atoms with Gasteiger partial charge in [-0.1, -0.05) is 18.5 Å². The zero-order valence-corrected chi connectivity index (χ0v) is 12.7. The van der Waals surface area contributed by atoms with Gasteiger partial charge in [0.05, 0.1) is 5.92 Å². The quantitative estimate of drug-likeness (QED) is 0.921. The van der Waals surface area contributed by atoms with Crippen LogP contribution in [0.25, 0.3) is 0 Å². The SMILES string of the molecule is COC1(c2noc(C3CCNC3C)n2)CCCC(C)C1. The maximum Gasteiger partial charge on any atom is 0.231 e. The minimum absolute atomic E-state index is 0.339. The molecule has 0 amide bonds. The van der Waals surface area contributed by atoms with Crippen molar-refractivity contribution in [3.8, 4) is 0 Å². The van der Waals surface area contributed by atoms with Crippen molar-refractivity contribution < 1.29 is 9.26 Å². The third-order valence-corrected chi connectivity index (χ3v) is 5.04. The average molecular weight is 279 g/mol. The minimum atomic E-state index is -0.339. The summed E-state index contributed by atoms with van der Waals surface area (Å²) in [5, 5.41) is 7.69. The van der Waals surface area contributed by atoms with Crippen LogP contribution in [0.2, 0.25) is 0 Å². The van der Waals surface area contributed by atoms with Gasteiger partial charge in [-0.15, -0.1) is 0 Å². The molecule has 1 aromatic heterocycles. The Morgan fingerprint density at radius 1 is 1.35 bits per heavy atom. The van der Waals surface area contributed by atoms with E-state index in [0.29, 0.717) is 17.9 Å². The van der Waals surface area contributed by atoms with Crippen molar-refractivity contribution in [2.45, 2.75) is 63.5 Å². The van der Waals surface area contributed by atoms with Crippen molar-refractivity contribution in [3.05, 3.63) is 11.7 Å². The molecule has 1 aliphatic carbocycles. The molecule has 4 unspecified atom stereocenters. The smallest absolute Gasteiger partial charge is 0.231 e. The van der Waals surface area contributed by atoms with Crippen molar-refractivity contribution in [2.24, 2.45) is 5.92 Å². The second-order valence-corrected chi connectivity index (χ2v) is 6.49. The number of nitrogens with zero attached hydrogens (tertiary/aromatic N) is 2. The number of methoxy groups -OCH3 is 1. The van der Waals surface area contributed by atoms with Gasteiger partial charge in [-0.2, -0.15) is 4.98 Å². The van der Waals surface area contributed by atoms with Crippen molar-refractivity contribution in [3.63, 3.8) is 0 Å². The fourth-order valence-corrected chi connectivity index (χ4v) is 3.75. The Morgan fingerprint density at radius 2 is 2.20 bits per heavy atom. The predicted octanol–water partition coefficient (Wildman–Crippen LogP) is 2.59. The zero-order chi connectivity index (χ0) is 14.2. The van der Waals surface area contributed by atoms with E-state index in [2.05, 4.69) is 24.3 Å². The molecule has 2 aliphatic rings. The second kappa shape index (κ2) is 5.45. The van der Waals surface area contributed by atoms with Gasteiger partial charge in [0.2, 0.25) is 11.7 Å². The Balaban J connectivity index is 1.84. The summed E-state index contributed by atoms with van der Waals surface area (Å²) in [6, 6.07) is 0.409. The number of rotatable bonds is 3. The van der Waals surface area contributed by atoms with Crippen LogP contribution in [0.1, 0.15) is 63.6 Å². The molecular weight excluding hydrogens is 254 g/mol. The van der Waals surface area contributed by atoms with E-state index in [1.807, 2.05) is 0 Å². The summed E-state index contributed by atoms with van der Waals surface area (Å²) in [5.41, 5.74) is -0.339. The first-order valence-corrected chi connectivity index (χ1v) is 7.77. The highest BCUT2D eigenvalue weighted by molar-refractivity contribution is 5.08. The van der Waals surface area contributed by atoms with E-state index in [1.54, 1.807) is 7.11 Å². The molecule has 1 N–H and O–H groups in total. The maximum atomic E-state index is 5.84. The number of aromatic nitrogens is 2. The summed E-state index contributed by atoms with van der Waals surface area (Å²) in [7, 11) is 1.77. The molecule has 1 aliphatic heterocycles.